The summed E-state index contributed by atoms with van der Waals surface area (Å²) in [6.45, 7) is -0.0181. The molecule has 1 aromatic heterocycles. The first-order valence-electron chi connectivity index (χ1n) is 11.3. The lowest BCUT2D eigenvalue weighted by Gasteiger charge is -2.29. The maximum atomic E-state index is 13.0. The van der Waals surface area contributed by atoms with Crippen LogP contribution in [-0.4, -0.2) is 21.9 Å². The Hall–Kier alpha value is -3.82. The van der Waals surface area contributed by atoms with Crippen LogP contribution in [-0.2, 0) is 12.7 Å². The van der Waals surface area contributed by atoms with Gasteiger partial charge in [-0.15, -0.1) is 0 Å². The van der Waals surface area contributed by atoms with Crippen molar-refractivity contribution in [1.82, 2.24) is 15.3 Å². The smallest absolute Gasteiger partial charge is 0.375 e. The molecule has 2 aromatic carbocycles. The van der Waals surface area contributed by atoms with Crippen molar-refractivity contribution in [3.63, 3.8) is 0 Å². The van der Waals surface area contributed by atoms with Crippen molar-refractivity contribution in [2.75, 3.05) is 5.32 Å². The molecule has 1 fully saturated rings. The summed E-state index contributed by atoms with van der Waals surface area (Å²) in [5.74, 6) is -0.170. The van der Waals surface area contributed by atoms with Crippen LogP contribution in [0.25, 0.3) is 0 Å². The summed E-state index contributed by atoms with van der Waals surface area (Å²) in [6, 6.07) is 14.5. The van der Waals surface area contributed by atoms with Crippen LogP contribution in [0, 0.1) is 0 Å². The van der Waals surface area contributed by atoms with Crippen LogP contribution in [0.4, 0.5) is 18.9 Å². The number of carbonyl (C=O) groups is 1. The van der Waals surface area contributed by atoms with Crippen LogP contribution in [0.1, 0.15) is 58.8 Å². The summed E-state index contributed by atoms with van der Waals surface area (Å²) < 4.78 is 38.3. The molecule has 1 aliphatic rings. The number of amides is 1. The molecule has 4 rings (SSSR count). The van der Waals surface area contributed by atoms with E-state index in [1.807, 2.05) is 18.2 Å². The number of H-pyrrole nitrogens is 2. The molecule has 3 aromatic rings. The van der Waals surface area contributed by atoms with Crippen molar-refractivity contribution in [2.24, 2.45) is 0 Å². The number of nitrogens with one attached hydrogen (secondary N) is 4. The number of carbonyl (C=O) groups excluding carboxylic acids is 1. The van der Waals surface area contributed by atoms with Crippen molar-refractivity contribution in [1.29, 1.82) is 0 Å². The zero-order valence-corrected chi connectivity index (χ0v) is 18.7. The number of aromatic amines is 2. The first kappa shape index (κ1) is 24.3. The molecule has 0 bridgehead atoms. The minimum atomic E-state index is -4.45. The van der Waals surface area contributed by atoms with Crippen LogP contribution in [0.15, 0.2) is 64.2 Å². The number of halogens is 3. The molecule has 0 atom stereocenters. The molecular weight excluding hydrogens is 461 g/mol. The third-order valence-electron chi connectivity index (χ3n) is 6.25. The largest absolute Gasteiger partial charge is 0.416 e. The SMILES string of the molecule is O=C(NC1CCC(c2ccccc2)CC1)c1[nH]c(=O)[nH]c(=O)c1NCc1ccc(C(F)(F)F)cc1. The fourth-order valence-corrected chi connectivity index (χ4v) is 4.38. The summed E-state index contributed by atoms with van der Waals surface area (Å²) in [5.41, 5.74) is -1.03. The number of aromatic nitrogens is 2. The number of hydrogen-bond acceptors (Lipinski definition) is 4. The molecule has 1 heterocycles. The number of benzene rings is 2. The van der Waals surface area contributed by atoms with Gasteiger partial charge >= 0.3 is 11.9 Å². The Morgan fingerprint density at radius 2 is 1.57 bits per heavy atom. The van der Waals surface area contributed by atoms with Gasteiger partial charge < -0.3 is 15.6 Å². The highest BCUT2D eigenvalue weighted by Gasteiger charge is 2.30. The van der Waals surface area contributed by atoms with Crippen molar-refractivity contribution in [3.8, 4) is 0 Å². The summed E-state index contributed by atoms with van der Waals surface area (Å²) in [5, 5.41) is 5.67. The predicted molar refractivity (Wildman–Crippen MR) is 125 cm³/mol. The van der Waals surface area contributed by atoms with Crippen LogP contribution >= 0.6 is 0 Å². The fraction of sp³-hybridized carbons (Fsp3) is 0.320. The lowest BCUT2D eigenvalue weighted by Crippen LogP contribution is -2.40. The highest BCUT2D eigenvalue weighted by atomic mass is 19.4. The van der Waals surface area contributed by atoms with E-state index < -0.39 is 28.9 Å². The van der Waals surface area contributed by atoms with E-state index in [1.165, 1.54) is 17.7 Å². The molecule has 35 heavy (non-hydrogen) atoms. The number of alkyl halides is 3. The van der Waals surface area contributed by atoms with Crippen LogP contribution < -0.4 is 21.9 Å². The maximum Gasteiger partial charge on any atom is 0.416 e. The van der Waals surface area contributed by atoms with Crippen LogP contribution in [0.3, 0.4) is 0 Å². The Morgan fingerprint density at radius 1 is 0.914 bits per heavy atom. The Kier molecular flexibility index (Phi) is 7.09. The number of anilines is 1. The van der Waals surface area contributed by atoms with Crippen molar-refractivity contribution in [3.05, 3.63) is 97.8 Å². The molecule has 10 heteroatoms. The predicted octanol–water partition coefficient (Wildman–Crippen LogP) is 4.15. The van der Waals surface area contributed by atoms with E-state index in [1.54, 1.807) is 0 Å². The van der Waals surface area contributed by atoms with E-state index in [4.69, 9.17) is 0 Å². The summed E-state index contributed by atoms with van der Waals surface area (Å²) >= 11 is 0. The van der Waals surface area contributed by atoms with Gasteiger partial charge in [-0.3, -0.25) is 14.6 Å². The minimum Gasteiger partial charge on any atom is -0.375 e. The number of rotatable bonds is 6. The van der Waals surface area contributed by atoms with E-state index in [0.717, 1.165) is 37.8 Å². The van der Waals surface area contributed by atoms with E-state index >= 15 is 0 Å². The van der Waals surface area contributed by atoms with Crippen LogP contribution in [0.2, 0.25) is 0 Å². The van der Waals surface area contributed by atoms with Gasteiger partial charge in [-0.1, -0.05) is 42.5 Å². The maximum absolute atomic E-state index is 13.0. The average Bonchev–Trinajstić information content (AvgIpc) is 2.84. The first-order valence-corrected chi connectivity index (χ1v) is 11.3. The van der Waals surface area contributed by atoms with Gasteiger partial charge in [-0.25, -0.2) is 4.79 Å². The molecule has 4 N–H and O–H groups in total. The van der Waals surface area contributed by atoms with Gasteiger partial charge in [-0.2, -0.15) is 13.2 Å². The van der Waals surface area contributed by atoms with Gasteiger partial charge in [0.25, 0.3) is 11.5 Å². The third kappa shape index (κ3) is 6.00. The van der Waals surface area contributed by atoms with Crippen LogP contribution in [0.5, 0.6) is 0 Å². The van der Waals surface area contributed by atoms with Crippen molar-refractivity contribution < 1.29 is 18.0 Å². The quantitative estimate of drug-likeness (QED) is 0.420. The lowest BCUT2D eigenvalue weighted by atomic mass is 9.82. The Labute approximate surface area is 198 Å². The Balaban J connectivity index is 1.42. The van der Waals surface area contributed by atoms with Gasteiger partial charge in [0.05, 0.1) is 5.56 Å². The molecule has 0 saturated heterocycles. The third-order valence-corrected chi connectivity index (χ3v) is 6.25. The molecule has 0 spiro atoms. The molecule has 1 amide bonds. The van der Waals surface area contributed by atoms with Gasteiger partial charge in [0, 0.05) is 12.6 Å². The van der Waals surface area contributed by atoms with E-state index in [-0.39, 0.29) is 24.0 Å². The summed E-state index contributed by atoms with van der Waals surface area (Å²) in [7, 11) is 0. The summed E-state index contributed by atoms with van der Waals surface area (Å²) in [6.07, 6.45) is -1.13. The Bertz CT molecular complexity index is 1280. The standard InChI is InChI=1S/C25H25F3N4O3/c26-25(27,28)18-10-6-15(7-11-18)14-29-20-21(31-24(35)32-22(20)33)23(34)30-19-12-8-17(9-13-19)16-4-2-1-3-5-16/h1-7,10-11,17,19,29H,8-9,12-14H2,(H,30,34)(H2,31,32,33,35). The average molecular weight is 486 g/mol. The molecule has 0 unspecified atom stereocenters. The van der Waals surface area contributed by atoms with Gasteiger partial charge in [0.1, 0.15) is 11.4 Å². The number of hydrogen-bond donors (Lipinski definition) is 4. The zero-order valence-electron chi connectivity index (χ0n) is 18.7. The monoisotopic (exact) mass is 486 g/mol. The second-order valence-electron chi connectivity index (χ2n) is 8.64. The van der Waals surface area contributed by atoms with Crippen molar-refractivity contribution >= 4 is 11.6 Å². The molecule has 184 valence electrons. The van der Waals surface area contributed by atoms with Gasteiger partial charge in [0.2, 0.25) is 0 Å². The van der Waals surface area contributed by atoms with E-state index in [0.29, 0.717) is 11.5 Å². The van der Waals surface area contributed by atoms with E-state index in [9.17, 15) is 27.6 Å². The second-order valence-corrected chi connectivity index (χ2v) is 8.64. The molecule has 7 nitrogen and oxygen atoms in total. The minimum absolute atomic E-state index is 0.0181. The topological polar surface area (TPSA) is 107 Å². The van der Waals surface area contributed by atoms with Gasteiger partial charge in [0.15, 0.2) is 0 Å². The molecule has 0 radical (unpaired) electrons. The first-order chi connectivity index (χ1) is 16.7. The molecule has 0 aliphatic heterocycles. The molecule has 1 saturated carbocycles. The highest BCUT2D eigenvalue weighted by molar-refractivity contribution is 5.97. The molecular formula is C25H25F3N4O3. The normalized spacial score (nSPS) is 18.1. The second kappa shape index (κ2) is 10.2. The van der Waals surface area contributed by atoms with E-state index in [2.05, 4.69) is 32.7 Å². The fourth-order valence-electron chi connectivity index (χ4n) is 4.38. The van der Waals surface area contributed by atoms with Gasteiger partial charge in [-0.05, 0) is 54.9 Å². The van der Waals surface area contributed by atoms with Crippen molar-refractivity contribution in [2.45, 2.75) is 50.4 Å². The Morgan fingerprint density at radius 3 is 2.20 bits per heavy atom. The molecule has 1 aliphatic carbocycles. The summed E-state index contributed by atoms with van der Waals surface area (Å²) in [4.78, 5) is 41.6. The zero-order chi connectivity index (χ0) is 25.0. The highest BCUT2D eigenvalue weighted by Crippen LogP contribution is 2.33. The lowest BCUT2D eigenvalue weighted by molar-refractivity contribution is -0.137.